The second kappa shape index (κ2) is 9.20. The number of rotatable bonds is 5. The number of amides is 2. The van der Waals surface area contributed by atoms with Crippen molar-refractivity contribution in [2.75, 3.05) is 39.3 Å². The molecule has 0 spiro atoms. The number of hydrogen-bond donors (Lipinski definition) is 2. The van der Waals surface area contributed by atoms with E-state index in [9.17, 15) is 9.90 Å². The van der Waals surface area contributed by atoms with Crippen LogP contribution in [-0.4, -0.2) is 60.3 Å². The van der Waals surface area contributed by atoms with Gasteiger partial charge in [-0.1, -0.05) is 30.3 Å². The summed E-state index contributed by atoms with van der Waals surface area (Å²) in [5, 5.41) is 12.4. The zero-order valence-electron chi connectivity index (χ0n) is 15.1. The van der Waals surface area contributed by atoms with Crippen molar-refractivity contribution in [2.24, 2.45) is 11.8 Å². The average molecular weight is 345 g/mol. The fraction of sp³-hybridized carbons (Fsp3) is 0.650. The number of aliphatic hydroxyl groups is 1. The Labute approximate surface area is 151 Å². The summed E-state index contributed by atoms with van der Waals surface area (Å²) in [6.07, 6.45) is 4.31. The molecule has 2 aliphatic rings. The van der Waals surface area contributed by atoms with E-state index in [2.05, 4.69) is 40.5 Å². The third-order valence-corrected chi connectivity index (χ3v) is 5.56. The van der Waals surface area contributed by atoms with Crippen molar-refractivity contribution in [1.82, 2.24) is 15.1 Å². The molecular weight excluding hydrogens is 314 g/mol. The highest BCUT2D eigenvalue weighted by atomic mass is 16.3. The molecule has 5 heteroatoms. The van der Waals surface area contributed by atoms with Crippen LogP contribution in [0.4, 0.5) is 4.79 Å². The zero-order chi connectivity index (χ0) is 17.5. The molecule has 2 heterocycles. The molecule has 0 unspecified atom stereocenters. The van der Waals surface area contributed by atoms with Crippen LogP contribution < -0.4 is 5.32 Å². The number of nitrogens with one attached hydrogen (secondary N) is 1. The number of carbonyl (C=O) groups excluding carboxylic acids is 1. The average Bonchev–Trinajstić information content (AvgIpc) is 2.68. The highest BCUT2D eigenvalue weighted by molar-refractivity contribution is 5.74. The van der Waals surface area contributed by atoms with E-state index in [0.717, 1.165) is 58.4 Å². The van der Waals surface area contributed by atoms with Crippen LogP contribution in [0, 0.1) is 11.8 Å². The Hall–Kier alpha value is -1.59. The van der Waals surface area contributed by atoms with Crippen LogP contribution in [0.15, 0.2) is 30.3 Å². The van der Waals surface area contributed by atoms with Crippen LogP contribution in [0.25, 0.3) is 0 Å². The zero-order valence-corrected chi connectivity index (χ0v) is 15.1. The lowest BCUT2D eigenvalue weighted by Gasteiger charge is -2.34. The van der Waals surface area contributed by atoms with Gasteiger partial charge in [-0.15, -0.1) is 0 Å². The molecular formula is C20H31N3O2. The predicted octanol–water partition coefficient (Wildman–Crippen LogP) is 2.31. The van der Waals surface area contributed by atoms with Crippen molar-refractivity contribution in [1.29, 1.82) is 0 Å². The minimum absolute atomic E-state index is 0.0462. The standard InChI is InChI=1S/C20H31N3O2/c24-16-19-7-4-10-23(15-19)20(25)21-13-17-8-11-22(12-9-17)14-18-5-2-1-3-6-18/h1-3,5-6,17,19,24H,4,7-16H2,(H,21,25)/t19-/m1/s1. The van der Waals surface area contributed by atoms with Crippen LogP contribution in [0.5, 0.6) is 0 Å². The van der Waals surface area contributed by atoms with Crippen LogP contribution in [0.3, 0.4) is 0 Å². The lowest BCUT2D eigenvalue weighted by molar-refractivity contribution is 0.126. The van der Waals surface area contributed by atoms with Crippen molar-refractivity contribution < 1.29 is 9.90 Å². The molecule has 0 bridgehead atoms. The van der Waals surface area contributed by atoms with Gasteiger partial charge >= 0.3 is 6.03 Å². The maximum Gasteiger partial charge on any atom is 0.317 e. The first-order valence-corrected chi connectivity index (χ1v) is 9.64. The number of piperidine rings is 2. The number of aliphatic hydroxyl groups excluding tert-OH is 1. The van der Waals surface area contributed by atoms with Crippen LogP contribution in [-0.2, 0) is 6.54 Å². The monoisotopic (exact) mass is 345 g/mol. The van der Waals surface area contributed by atoms with Gasteiger partial charge in [-0.25, -0.2) is 4.79 Å². The number of hydrogen-bond acceptors (Lipinski definition) is 3. The van der Waals surface area contributed by atoms with Crippen LogP contribution in [0.1, 0.15) is 31.2 Å². The smallest absolute Gasteiger partial charge is 0.317 e. The Morgan fingerprint density at radius 1 is 1.08 bits per heavy atom. The van der Waals surface area contributed by atoms with Crippen molar-refractivity contribution in [3.05, 3.63) is 35.9 Å². The van der Waals surface area contributed by atoms with Crippen molar-refractivity contribution in [3.63, 3.8) is 0 Å². The summed E-state index contributed by atoms with van der Waals surface area (Å²) in [7, 11) is 0. The first kappa shape index (κ1) is 18.2. The second-order valence-corrected chi connectivity index (χ2v) is 7.53. The van der Waals surface area contributed by atoms with E-state index in [-0.39, 0.29) is 18.6 Å². The number of likely N-dealkylation sites (tertiary alicyclic amines) is 2. The summed E-state index contributed by atoms with van der Waals surface area (Å²) < 4.78 is 0. The SMILES string of the molecule is O=C(NCC1CCN(Cc2ccccc2)CC1)N1CCC[C@@H](CO)C1. The fourth-order valence-electron chi connectivity index (χ4n) is 3.93. The maximum absolute atomic E-state index is 12.3. The number of urea groups is 1. The number of nitrogens with zero attached hydrogens (tertiary/aromatic N) is 2. The lowest BCUT2D eigenvalue weighted by Crippen LogP contribution is -2.48. The normalized spacial score (nSPS) is 22.8. The first-order chi connectivity index (χ1) is 12.2. The van der Waals surface area contributed by atoms with Gasteiger partial charge in [0.2, 0.25) is 0 Å². The lowest BCUT2D eigenvalue weighted by atomic mass is 9.96. The molecule has 2 amide bonds. The van der Waals surface area contributed by atoms with E-state index in [1.165, 1.54) is 5.56 Å². The number of carbonyl (C=O) groups is 1. The Bertz CT molecular complexity index is 529. The Morgan fingerprint density at radius 2 is 1.84 bits per heavy atom. The van der Waals surface area contributed by atoms with Crippen molar-refractivity contribution in [2.45, 2.75) is 32.2 Å². The van der Waals surface area contributed by atoms with Crippen molar-refractivity contribution >= 4 is 6.03 Å². The van der Waals surface area contributed by atoms with E-state index in [1.807, 2.05) is 4.90 Å². The van der Waals surface area contributed by atoms with Gasteiger partial charge in [-0.3, -0.25) is 4.90 Å². The van der Waals surface area contributed by atoms with Gasteiger partial charge in [0.05, 0.1) is 0 Å². The predicted molar refractivity (Wildman–Crippen MR) is 99.2 cm³/mol. The molecule has 1 aromatic rings. The summed E-state index contributed by atoms with van der Waals surface area (Å²) in [6, 6.07) is 10.7. The van der Waals surface area contributed by atoms with Gasteiger partial charge in [-0.2, -0.15) is 0 Å². The quantitative estimate of drug-likeness (QED) is 0.861. The van der Waals surface area contributed by atoms with Gasteiger partial charge in [0.15, 0.2) is 0 Å². The molecule has 0 aliphatic carbocycles. The van der Waals surface area contributed by atoms with E-state index in [1.54, 1.807) is 0 Å². The van der Waals surface area contributed by atoms with Gasteiger partial charge < -0.3 is 15.3 Å². The molecule has 1 atom stereocenters. The van der Waals surface area contributed by atoms with E-state index in [4.69, 9.17) is 0 Å². The molecule has 2 aliphatic heterocycles. The van der Waals surface area contributed by atoms with E-state index < -0.39 is 0 Å². The Morgan fingerprint density at radius 3 is 2.56 bits per heavy atom. The van der Waals surface area contributed by atoms with Gasteiger partial charge in [0.1, 0.15) is 0 Å². The molecule has 0 radical (unpaired) electrons. The molecule has 0 saturated carbocycles. The van der Waals surface area contributed by atoms with Crippen LogP contribution >= 0.6 is 0 Å². The molecule has 138 valence electrons. The highest BCUT2D eigenvalue weighted by Crippen LogP contribution is 2.19. The molecule has 2 N–H and O–H groups in total. The Balaban J connectivity index is 1.35. The molecule has 2 saturated heterocycles. The van der Waals surface area contributed by atoms with E-state index in [0.29, 0.717) is 12.5 Å². The summed E-state index contributed by atoms with van der Waals surface area (Å²) in [6.45, 7) is 5.70. The van der Waals surface area contributed by atoms with Crippen molar-refractivity contribution in [3.8, 4) is 0 Å². The topological polar surface area (TPSA) is 55.8 Å². The van der Waals surface area contributed by atoms with E-state index >= 15 is 0 Å². The molecule has 5 nitrogen and oxygen atoms in total. The summed E-state index contributed by atoms with van der Waals surface area (Å²) in [5.41, 5.74) is 1.37. The summed E-state index contributed by atoms with van der Waals surface area (Å²) >= 11 is 0. The second-order valence-electron chi connectivity index (χ2n) is 7.53. The molecule has 0 aromatic heterocycles. The summed E-state index contributed by atoms with van der Waals surface area (Å²) in [4.78, 5) is 16.7. The Kier molecular flexibility index (Phi) is 6.70. The minimum Gasteiger partial charge on any atom is -0.396 e. The molecule has 3 rings (SSSR count). The number of benzene rings is 1. The largest absolute Gasteiger partial charge is 0.396 e. The van der Waals surface area contributed by atoms with Gasteiger partial charge in [0.25, 0.3) is 0 Å². The highest BCUT2D eigenvalue weighted by Gasteiger charge is 2.24. The molecule has 2 fully saturated rings. The summed E-state index contributed by atoms with van der Waals surface area (Å²) in [5.74, 6) is 0.829. The first-order valence-electron chi connectivity index (χ1n) is 9.64. The third-order valence-electron chi connectivity index (χ3n) is 5.56. The maximum atomic E-state index is 12.3. The third kappa shape index (κ3) is 5.44. The minimum atomic E-state index is 0.0462. The van der Waals surface area contributed by atoms with Gasteiger partial charge in [0, 0.05) is 32.8 Å². The molecule has 1 aromatic carbocycles. The fourth-order valence-corrected chi connectivity index (χ4v) is 3.93. The molecule has 25 heavy (non-hydrogen) atoms. The van der Waals surface area contributed by atoms with Gasteiger partial charge in [-0.05, 0) is 56.2 Å². The van der Waals surface area contributed by atoms with Crippen LogP contribution in [0.2, 0.25) is 0 Å².